The Kier molecular flexibility index (Phi) is 5.26. The average Bonchev–Trinajstić information content (AvgIpc) is 3.07. The molecule has 3 rings (SSSR count). The highest BCUT2D eigenvalue weighted by atomic mass is 16.5. The summed E-state index contributed by atoms with van der Waals surface area (Å²) >= 11 is 0. The molecule has 3 amide bonds. The van der Waals surface area contributed by atoms with Crippen LogP contribution < -0.4 is 15.6 Å². The van der Waals surface area contributed by atoms with Crippen LogP contribution in [0, 0.1) is 0 Å². The van der Waals surface area contributed by atoms with E-state index in [9.17, 15) is 19.2 Å². The Morgan fingerprint density at radius 3 is 2.54 bits per heavy atom. The van der Waals surface area contributed by atoms with Crippen molar-refractivity contribution in [2.45, 2.75) is 25.7 Å². The molecule has 0 aliphatic carbocycles. The normalized spacial score (nSPS) is 16.8. The van der Waals surface area contributed by atoms with E-state index in [-0.39, 0.29) is 30.4 Å². The predicted octanol–water partition coefficient (Wildman–Crippen LogP) is 0.561. The van der Waals surface area contributed by atoms with Gasteiger partial charge in [0.2, 0.25) is 11.8 Å². The lowest BCUT2D eigenvalue weighted by Crippen LogP contribution is -2.32. The van der Waals surface area contributed by atoms with Gasteiger partial charge in [0.1, 0.15) is 5.71 Å². The molecular weight excluding hydrogens is 340 g/mol. The number of hydrazone groups is 1. The molecule has 1 aromatic carbocycles. The Hall–Kier alpha value is -3.23. The third kappa shape index (κ3) is 4.24. The summed E-state index contributed by atoms with van der Waals surface area (Å²) in [7, 11) is 0. The van der Waals surface area contributed by atoms with Crippen molar-refractivity contribution in [3.05, 3.63) is 24.3 Å². The lowest BCUT2D eigenvalue weighted by Gasteiger charge is -2.16. The first-order valence-electron chi connectivity index (χ1n) is 8.26. The van der Waals surface area contributed by atoms with Crippen LogP contribution in [0.1, 0.15) is 25.7 Å². The van der Waals surface area contributed by atoms with Crippen molar-refractivity contribution in [2.75, 3.05) is 23.4 Å². The van der Waals surface area contributed by atoms with Crippen LogP contribution >= 0.6 is 0 Å². The summed E-state index contributed by atoms with van der Waals surface area (Å²) in [6, 6.07) is 6.87. The second-order valence-electron chi connectivity index (χ2n) is 5.91. The van der Waals surface area contributed by atoms with Gasteiger partial charge in [0, 0.05) is 37.2 Å². The predicted molar refractivity (Wildman–Crippen MR) is 92.4 cm³/mol. The van der Waals surface area contributed by atoms with Crippen LogP contribution in [0.2, 0.25) is 0 Å². The van der Waals surface area contributed by atoms with E-state index in [1.165, 1.54) is 0 Å². The molecule has 1 saturated heterocycles. The lowest BCUT2D eigenvalue weighted by molar-refractivity contribution is -0.140. The van der Waals surface area contributed by atoms with Crippen LogP contribution in [-0.4, -0.2) is 42.6 Å². The van der Waals surface area contributed by atoms with Crippen molar-refractivity contribution in [1.82, 2.24) is 5.43 Å². The van der Waals surface area contributed by atoms with E-state index in [4.69, 9.17) is 4.74 Å². The van der Waals surface area contributed by atoms with Crippen molar-refractivity contribution >= 4 is 40.8 Å². The summed E-state index contributed by atoms with van der Waals surface area (Å²) in [6.45, 7) is 0.239. The van der Waals surface area contributed by atoms with Crippen molar-refractivity contribution in [2.24, 2.45) is 5.10 Å². The Morgan fingerprint density at radius 2 is 1.92 bits per heavy atom. The number of hydrogen-bond donors (Lipinski definition) is 2. The maximum atomic E-state index is 11.9. The minimum Gasteiger partial charge on any atom is -0.451 e. The SMILES string of the molecule is O=C1CCC(C(=O)OCC(=O)Nc2ccc(N3CCCC3=O)cc2)=NN1. The molecule has 136 valence electrons. The van der Waals surface area contributed by atoms with Gasteiger partial charge in [-0.3, -0.25) is 14.4 Å². The Morgan fingerprint density at radius 1 is 1.15 bits per heavy atom. The molecule has 0 saturated carbocycles. The zero-order valence-electron chi connectivity index (χ0n) is 14.0. The maximum absolute atomic E-state index is 11.9. The van der Waals surface area contributed by atoms with Gasteiger partial charge in [0.25, 0.3) is 5.91 Å². The number of rotatable bonds is 5. The molecule has 0 aromatic heterocycles. The van der Waals surface area contributed by atoms with Crippen LogP contribution in [0.4, 0.5) is 11.4 Å². The second kappa shape index (κ2) is 7.77. The number of ether oxygens (including phenoxy) is 1. The van der Waals surface area contributed by atoms with E-state index in [2.05, 4.69) is 15.8 Å². The third-order valence-electron chi connectivity index (χ3n) is 4.01. The van der Waals surface area contributed by atoms with Gasteiger partial charge in [-0.05, 0) is 30.7 Å². The molecule has 26 heavy (non-hydrogen) atoms. The van der Waals surface area contributed by atoms with Crippen LogP contribution in [0.3, 0.4) is 0 Å². The smallest absolute Gasteiger partial charge is 0.355 e. The topological polar surface area (TPSA) is 117 Å². The largest absolute Gasteiger partial charge is 0.451 e. The van der Waals surface area contributed by atoms with Gasteiger partial charge < -0.3 is 15.0 Å². The van der Waals surface area contributed by atoms with Crippen molar-refractivity contribution in [1.29, 1.82) is 0 Å². The number of anilines is 2. The molecule has 2 heterocycles. The molecule has 0 bridgehead atoms. The van der Waals surface area contributed by atoms with Gasteiger partial charge in [0.05, 0.1) is 0 Å². The number of nitrogens with zero attached hydrogens (tertiary/aromatic N) is 2. The summed E-state index contributed by atoms with van der Waals surface area (Å²) < 4.78 is 4.88. The number of carbonyl (C=O) groups is 4. The number of benzene rings is 1. The van der Waals surface area contributed by atoms with Gasteiger partial charge in [-0.1, -0.05) is 0 Å². The molecule has 1 fully saturated rings. The van der Waals surface area contributed by atoms with Crippen LogP contribution in [-0.2, 0) is 23.9 Å². The standard InChI is InChI=1S/C17H18N4O5/c22-14-8-7-13(19-20-14)17(25)26-10-15(23)18-11-3-5-12(6-4-11)21-9-1-2-16(21)24/h3-6H,1-2,7-10H2,(H,18,23)(H,20,22). The minimum absolute atomic E-state index is 0.0806. The van der Waals surface area contributed by atoms with Gasteiger partial charge in [-0.25, -0.2) is 10.2 Å². The molecule has 2 aliphatic heterocycles. The highest BCUT2D eigenvalue weighted by Crippen LogP contribution is 2.22. The van der Waals surface area contributed by atoms with Crippen LogP contribution in [0.15, 0.2) is 29.4 Å². The van der Waals surface area contributed by atoms with E-state index in [1.807, 2.05) is 0 Å². The summed E-state index contributed by atoms with van der Waals surface area (Å²) in [5, 5.41) is 6.21. The van der Waals surface area contributed by atoms with E-state index >= 15 is 0 Å². The van der Waals surface area contributed by atoms with Crippen LogP contribution in [0.5, 0.6) is 0 Å². The molecule has 9 nitrogen and oxygen atoms in total. The van der Waals surface area contributed by atoms with Crippen LogP contribution in [0.25, 0.3) is 0 Å². The van der Waals surface area contributed by atoms with E-state index in [1.54, 1.807) is 29.2 Å². The van der Waals surface area contributed by atoms with Crippen molar-refractivity contribution in [3.8, 4) is 0 Å². The van der Waals surface area contributed by atoms with Crippen molar-refractivity contribution in [3.63, 3.8) is 0 Å². The first-order valence-corrected chi connectivity index (χ1v) is 8.26. The summed E-state index contributed by atoms with van der Waals surface area (Å²) in [5.41, 5.74) is 3.59. The molecule has 0 radical (unpaired) electrons. The average molecular weight is 358 g/mol. The fraction of sp³-hybridized carbons (Fsp3) is 0.353. The minimum atomic E-state index is -0.733. The zero-order chi connectivity index (χ0) is 18.5. The molecular formula is C17H18N4O5. The maximum Gasteiger partial charge on any atom is 0.355 e. The molecule has 1 aromatic rings. The molecule has 0 atom stereocenters. The zero-order valence-corrected chi connectivity index (χ0v) is 14.0. The number of carbonyl (C=O) groups excluding carboxylic acids is 4. The number of esters is 1. The third-order valence-corrected chi connectivity index (χ3v) is 4.01. The molecule has 2 aliphatic rings. The summed E-state index contributed by atoms with van der Waals surface area (Å²) in [6.07, 6.45) is 1.74. The summed E-state index contributed by atoms with van der Waals surface area (Å²) in [5.74, 6) is -1.40. The van der Waals surface area contributed by atoms with Gasteiger partial charge in [-0.2, -0.15) is 5.10 Å². The fourth-order valence-corrected chi connectivity index (χ4v) is 2.68. The van der Waals surface area contributed by atoms with E-state index in [0.717, 1.165) is 12.1 Å². The molecule has 0 spiro atoms. The number of amides is 3. The highest BCUT2D eigenvalue weighted by molar-refractivity contribution is 6.37. The van der Waals surface area contributed by atoms with Gasteiger partial charge >= 0.3 is 5.97 Å². The van der Waals surface area contributed by atoms with Crippen molar-refractivity contribution < 1.29 is 23.9 Å². The molecule has 2 N–H and O–H groups in total. The quantitative estimate of drug-likeness (QED) is 0.746. The van der Waals surface area contributed by atoms with Gasteiger partial charge in [-0.15, -0.1) is 0 Å². The molecule has 9 heteroatoms. The highest BCUT2D eigenvalue weighted by Gasteiger charge is 2.22. The Bertz CT molecular complexity index is 772. The second-order valence-corrected chi connectivity index (χ2v) is 5.91. The Balaban J connectivity index is 1.48. The summed E-state index contributed by atoms with van der Waals surface area (Å²) in [4.78, 5) is 48.0. The first-order chi connectivity index (χ1) is 12.5. The van der Waals surface area contributed by atoms with E-state index < -0.39 is 18.5 Å². The fourth-order valence-electron chi connectivity index (χ4n) is 2.68. The Labute approximate surface area is 149 Å². The number of hydrogen-bond acceptors (Lipinski definition) is 6. The monoisotopic (exact) mass is 358 g/mol. The molecule has 0 unspecified atom stereocenters. The van der Waals surface area contributed by atoms with E-state index in [0.29, 0.717) is 18.7 Å². The van der Waals surface area contributed by atoms with Gasteiger partial charge in [0.15, 0.2) is 6.61 Å². The lowest BCUT2D eigenvalue weighted by atomic mass is 10.2. The number of nitrogens with one attached hydrogen (secondary N) is 2. The first kappa shape index (κ1) is 17.6.